The zero-order valence-electron chi connectivity index (χ0n) is 13.1. The van der Waals surface area contributed by atoms with Crippen LogP contribution in [0.1, 0.15) is 39.0 Å². The van der Waals surface area contributed by atoms with E-state index >= 15 is 0 Å². The van der Waals surface area contributed by atoms with Gasteiger partial charge in [0.2, 0.25) is 0 Å². The van der Waals surface area contributed by atoms with Crippen LogP contribution in [0.4, 0.5) is 11.5 Å². The first-order valence-corrected chi connectivity index (χ1v) is 7.77. The number of likely N-dealkylation sites (N-methyl/N-ethyl adjacent to an activating group) is 1. The number of nitrogens with one attached hydrogen (secondary N) is 2. The lowest BCUT2D eigenvalue weighted by Crippen LogP contribution is -2.47. The van der Waals surface area contributed by atoms with Crippen LogP contribution in [-0.2, 0) is 0 Å². The zero-order chi connectivity index (χ0) is 14.4. The van der Waals surface area contributed by atoms with Crippen LogP contribution in [0.2, 0.25) is 0 Å². The smallest absolute Gasteiger partial charge is 0.127 e. The number of hydrogen-bond donors (Lipinski definition) is 2. The SMILES string of the molecule is CCCNc1cc(NCC2(N(C)C)CCCC2)ccn1. The highest BCUT2D eigenvalue weighted by atomic mass is 15.2. The van der Waals surface area contributed by atoms with Gasteiger partial charge in [0.15, 0.2) is 0 Å². The molecular weight excluding hydrogens is 248 g/mol. The second-order valence-corrected chi connectivity index (χ2v) is 6.04. The highest BCUT2D eigenvalue weighted by Gasteiger charge is 2.35. The van der Waals surface area contributed by atoms with E-state index in [1.807, 2.05) is 6.20 Å². The molecule has 2 rings (SSSR count). The van der Waals surface area contributed by atoms with E-state index in [9.17, 15) is 0 Å². The number of aromatic nitrogens is 1. The lowest BCUT2D eigenvalue weighted by Gasteiger charge is -2.36. The third kappa shape index (κ3) is 3.63. The fraction of sp³-hybridized carbons (Fsp3) is 0.688. The Morgan fingerprint density at radius 1 is 1.25 bits per heavy atom. The van der Waals surface area contributed by atoms with Gasteiger partial charge in [-0.1, -0.05) is 19.8 Å². The van der Waals surface area contributed by atoms with Crippen LogP contribution < -0.4 is 10.6 Å². The molecule has 0 amide bonds. The van der Waals surface area contributed by atoms with Crippen LogP contribution in [0.25, 0.3) is 0 Å². The van der Waals surface area contributed by atoms with Crippen molar-refractivity contribution in [2.45, 2.75) is 44.6 Å². The van der Waals surface area contributed by atoms with Crippen molar-refractivity contribution >= 4 is 11.5 Å². The number of pyridine rings is 1. The molecule has 112 valence electrons. The quantitative estimate of drug-likeness (QED) is 0.802. The molecule has 0 atom stereocenters. The normalized spacial score (nSPS) is 17.4. The van der Waals surface area contributed by atoms with Gasteiger partial charge >= 0.3 is 0 Å². The Morgan fingerprint density at radius 2 is 2.00 bits per heavy atom. The number of hydrogen-bond acceptors (Lipinski definition) is 4. The van der Waals surface area contributed by atoms with Gasteiger partial charge in [0.25, 0.3) is 0 Å². The molecular formula is C16H28N4. The van der Waals surface area contributed by atoms with Crippen LogP contribution in [-0.4, -0.2) is 42.6 Å². The van der Waals surface area contributed by atoms with Crippen molar-refractivity contribution in [2.24, 2.45) is 0 Å². The molecule has 1 aromatic heterocycles. The largest absolute Gasteiger partial charge is 0.383 e. The minimum Gasteiger partial charge on any atom is -0.383 e. The van der Waals surface area contributed by atoms with Crippen molar-refractivity contribution in [2.75, 3.05) is 37.8 Å². The Morgan fingerprint density at radius 3 is 2.65 bits per heavy atom. The third-order valence-corrected chi connectivity index (χ3v) is 4.42. The van der Waals surface area contributed by atoms with Gasteiger partial charge in [-0.25, -0.2) is 4.98 Å². The van der Waals surface area contributed by atoms with E-state index in [4.69, 9.17) is 0 Å². The molecule has 0 bridgehead atoms. The van der Waals surface area contributed by atoms with E-state index < -0.39 is 0 Å². The molecule has 0 unspecified atom stereocenters. The lowest BCUT2D eigenvalue weighted by atomic mass is 9.96. The van der Waals surface area contributed by atoms with Crippen molar-refractivity contribution in [1.29, 1.82) is 0 Å². The molecule has 1 saturated carbocycles. The summed E-state index contributed by atoms with van der Waals surface area (Å²) in [7, 11) is 4.40. The maximum absolute atomic E-state index is 4.35. The summed E-state index contributed by atoms with van der Waals surface area (Å²) < 4.78 is 0. The molecule has 20 heavy (non-hydrogen) atoms. The minimum absolute atomic E-state index is 0.320. The van der Waals surface area contributed by atoms with Gasteiger partial charge in [-0.3, -0.25) is 0 Å². The maximum atomic E-state index is 4.35. The summed E-state index contributed by atoms with van der Waals surface area (Å²) in [4.78, 5) is 6.74. The summed E-state index contributed by atoms with van der Waals surface area (Å²) in [5.41, 5.74) is 1.48. The Labute approximate surface area is 123 Å². The number of nitrogens with zero attached hydrogens (tertiary/aromatic N) is 2. The molecule has 0 radical (unpaired) electrons. The first-order chi connectivity index (χ1) is 9.66. The average Bonchev–Trinajstić information content (AvgIpc) is 2.94. The molecule has 1 aliphatic rings. The van der Waals surface area contributed by atoms with E-state index in [-0.39, 0.29) is 0 Å². The molecule has 1 aromatic rings. The van der Waals surface area contributed by atoms with Gasteiger partial charge in [0, 0.05) is 36.6 Å². The van der Waals surface area contributed by atoms with Gasteiger partial charge in [-0.05, 0) is 39.4 Å². The first kappa shape index (κ1) is 15.1. The van der Waals surface area contributed by atoms with Crippen molar-refractivity contribution in [1.82, 2.24) is 9.88 Å². The molecule has 1 heterocycles. The van der Waals surface area contributed by atoms with Gasteiger partial charge in [0.05, 0.1) is 0 Å². The van der Waals surface area contributed by atoms with Crippen LogP contribution in [0.5, 0.6) is 0 Å². The molecule has 0 saturated heterocycles. The molecule has 0 spiro atoms. The molecule has 1 aliphatic carbocycles. The van der Waals surface area contributed by atoms with Crippen molar-refractivity contribution in [3.8, 4) is 0 Å². The summed E-state index contributed by atoms with van der Waals surface area (Å²) in [5.74, 6) is 0.960. The van der Waals surface area contributed by atoms with E-state index in [0.717, 1.165) is 31.0 Å². The van der Waals surface area contributed by atoms with Crippen molar-refractivity contribution in [3.05, 3.63) is 18.3 Å². The first-order valence-electron chi connectivity index (χ1n) is 7.77. The Balaban J connectivity index is 1.95. The monoisotopic (exact) mass is 276 g/mol. The molecule has 1 fully saturated rings. The Bertz CT molecular complexity index is 411. The van der Waals surface area contributed by atoms with E-state index in [0.29, 0.717) is 5.54 Å². The highest BCUT2D eigenvalue weighted by Crippen LogP contribution is 2.34. The van der Waals surface area contributed by atoms with Crippen LogP contribution in [0.15, 0.2) is 18.3 Å². The summed E-state index contributed by atoms with van der Waals surface area (Å²) in [5, 5.41) is 6.94. The molecule has 4 nitrogen and oxygen atoms in total. The third-order valence-electron chi connectivity index (χ3n) is 4.42. The second kappa shape index (κ2) is 6.93. The van der Waals surface area contributed by atoms with E-state index in [1.54, 1.807) is 0 Å². The fourth-order valence-corrected chi connectivity index (χ4v) is 2.97. The van der Waals surface area contributed by atoms with Crippen molar-refractivity contribution in [3.63, 3.8) is 0 Å². The van der Waals surface area contributed by atoms with Gasteiger partial charge < -0.3 is 15.5 Å². The van der Waals surface area contributed by atoms with Crippen LogP contribution in [0, 0.1) is 0 Å². The van der Waals surface area contributed by atoms with Crippen molar-refractivity contribution < 1.29 is 0 Å². The maximum Gasteiger partial charge on any atom is 0.127 e. The van der Waals surface area contributed by atoms with Gasteiger partial charge in [-0.2, -0.15) is 0 Å². The summed E-state index contributed by atoms with van der Waals surface area (Å²) >= 11 is 0. The number of rotatable bonds is 7. The van der Waals surface area contributed by atoms with E-state index in [1.165, 1.54) is 25.7 Å². The molecule has 0 aliphatic heterocycles. The summed E-state index contributed by atoms with van der Waals surface area (Å²) in [6.45, 7) is 4.14. The molecule has 2 N–H and O–H groups in total. The van der Waals surface area contributed by atoms with E-state index in [2.05, 4.69) is 53.7 Å². The Kier molecular flexibility index (Phi) is 5.24. The molecule has 4 heteroatoms. The highest BCUT2D eigenvalue weighted by molar-refractivity contribution is 5.52. The number of anilines is 2. The van der Waals surface area contributed by atoms with Gasteiger partial charge in [0.1, 0.15) is 5.82 Å². The summed E-state index contributed by atoms with van der Waals surface area (Å²) in [6, 6.07) is 4.16. The van der Waals surface area contributed by atoms with Crippen LogP contribution >= 0.6 is 0 Å². The predicted octanol–water partition coefficient (Wildman–Crippen LogP) is 3.19. The Hall–Kier alpha value is -1.29. The average molecular weight is 276 g/mol. The standard InChI is InChI=1S/C16H28N4/c1-4-10-17-15-12-14(7-11-18-15)19-13-16(20(2)3)8-5-6-9-16/h7,11-12H,4-6,8-10,13H2,1-3H3,(H2,17,18,19). The second-order valence-electron chi connectivity index (χ2n) is 6.04. The fourth-order valence-electron chi connectivity index (χ4n) is 2.97. The molecule has 0 aromatic carbocycles. The lowest BCUT2D eigenvalue weighted by molar-refractivity contribution is 0.172. The predicted molar refractivity (Wildman–Crippen MR) is 86.4 cm³/mol. The summed E-state index contributed by atoms with van der Waals surface area (Å²) in [6.07, 6.45) is 8.26. The van der Waals surface area contributed by atoms with Gasteiger partial charge in [-0.15, -0.1) is 0 Å². The minimum atomic E-state index is 0.320. The topological polar surface area (TPSA) is 40.2 Å². The van der Waals surface area contributed by atoms with Crippen LogP contribution in [0.3, 0.4) is 0 Å². The zero-order valence-corrected chi connectivity index (χ0v) is 13.1.